The predicted octanol–water partition coefficient (Wildman–Crippen LogP) is 5.28. The molecule has 0 atom stereocenters. The van der Waals surface area contributed by atoms with Gasteiger partial charge in [0, 0.05) is 48.3 Å². The van der Waals surface area contributed by atoms with E-state index < -0.39 is 0 Å². The first-order valence-corrected chi connectivity index (χ1v) is 12.3. The van der Waals surface area contributed by atoms with Crippen LogP contribution < -0.4 is 15.5 Å². The van der Waals surface area contributed by atoms with Crippen LogP contribution in [-0.4, -0.2) is 49.3 Å². The molecule has 2 N–H and O–H groups in total. The highest BCUT2D eigenvalue weighted by Gasteiger charge is 2.15. The van der Waals surface area contributed by atoms with Crippen LogP contribution in [0.4, 0.5) is 17.1 Å². The number of nitrogens with one attached hydrogen (secondary N) is 2. The highest BCUT2D eigenvalue weighted by atomic mass is 16.2. The van der Waals surface area contributed by atoms with Crippen molar-refractivity contribution in [1.82, 2.24) is 4.90 Å². The quantitative estimate of drug-likeness (QED) is 0.387. The van der Waals surface area contributed by atoms with Gasteiger partial charge < -0.3 is 20.4 Å². The zero-order valence-corrected chi connectivity index (χ0v) is 21.2. The van der Waals surface area contributed by atoms with Crippen LogP contribution >= 0.6 is 0 Å². The monoisotopic (exact) mass is 486 g/mol. The molecule has 0 fully saturated rings. The molecule has 3 amide bonds. The molecule has 7 nitrogen and oxygen atoms in total. The van der Waals surface area contributed by atoms with E-state index in [0.29, 0.717) is 22.5 Å². The summed E-state index contributed by atoms with van der Waals surface area (Å²) in [6.07, 6.45) is 1.82. The van der Waals surface area contributed by atoms with Gasteiger partial charge in [-0.25, -0.2) is 0 Å². The molecule has 7 heteroatoms. The van der Waals surface area contributed by atoms with Crippen LogP contribution in [0.15, 0.2) is 78.9 Å². The number of benzene rings is 3. The van der Waals surface area contributed by atoms with Crippen molar-refractivity contribution in [3.05, 3.63) is 90.0 Å². The van der Waals surface area contributed by atoms with Crippen molar-refractivity contribution in [2.75, 3.05) is 42.2 Å². The van der Waals surface area contributed by atoms with Crippen molar-refractivity contribution in [2.24, 2.45) is 0 Å². The molecule has 0 saturated heterocycles. The Labute approximate surface area is 213 Å². The van der Waals surface area contributed by atoms with Gasteiger partial charge in [-0.3, -0.25) is 14.4 Å². The summed E-state index contributed by atoms with van der Waals surface area (Å²) < 4.78 is 0. The number of anilines is 3. The Hall–Kier alpha value is -4.13. The topological polar surface area (TPSA) is 81.8 Å². The van der Waals surface area contributed by atoms with Crippen LogP contribution in [0.5, 0.6) is 0 Å². The molecule has 36 heavy (non-hydrogen) atoms. The van der Waals surface area contributed by atoms with Gasteiger partial charge in [-0.05, 0) is 67.4 Å². The van der Waals surface area contributed by atoms with Crippen LogP contribution in [0.2, 0.25) is 0 Å². The number of hydrogen-bond donors (Lipinski definition) is 2. The van der Waals surface area contributed by atoms with E-state index in [1.807, 2.05) is 41.3 Å². The minimum absolute atomic E-state index is 0.00517. The maximum Gasteiger partial charge on any atom is 0.258 e. The van der Waals surface area contributed by atoms with E-state index in [2.05, 4.69) is 24.5 Å². The van der Waals surface area contributed by atoms with Gasteiger partial charge in [0.2, 0.25) is 5.91 Å². The number of carbonyl (C=O) groups is 3. The van der Waals surface area contributed by atoms with Gasteiger partial charge >= 0.3 is 0 Å². The first kappa shape index (κ1) is 26.5. The number of hydrogen-bond acceptors (Lipinski definition) is 4. The molecule has 0 aliphatic carbocycles. The van der Waals surface area contributed by atoms with Crippen LogP contribution in [0.1, 0.15) is 47.4 Å². The third-order valence-corrected chi connectivity index (χ3v) is 5.70. The second kappa shape index (κ2) is 13.1. The number of rotatable bonds is 11. The van der Waals surface area contributed by atoms with E-state index in [-0.39, 0.29) is 24.3 Å². The fourth-order valence-electron chi connectivity index (χ4n) is 3.85. The van der Waals surface area contributed by atoms with E-state index in [1.165, 1.54) is 0 Å². The maximum atomic E-state index is 12.9. The highest BCUT2D eigenvalue weighted by molar-refractivity contribution is 6.06. The zero-order chi connectivity index (χ0) is 25.9. The van der Waals surface area contributed by atoms with E-state index in [4.69, 9.17) is 0 Å². The standard InChI is InChI=1S/C29H34N4O3/c1-4-18-33(19-5-2)29(36)22-14-16-24(17-15-22)31-27(34)21-30-25-11-9-10-23(20-25)28(35)32(3)26-12-7-6-8-13-26/h6-17,20,30H,4-5,18-19,21H2,1-3H3,(H,31,34). The van der Waals surface area contributed by atoms with Crippen molar-refractivity contribution in [3.8, 4) is 0 Å². The first-order chi connectivity index (χ1) is 17.4. The third kappa shape index (κ3) is 7.18. The average Bonchev–Trinajstić information content (AvgIpc) is 2.91. The Morgan fingerprint density at radius 2 is 1.39 bits per heavy atom. The normalized spacial score (nSPS) is 10.4. The molecule has 0 spiro atoms. The van der Waals surface area contributed by atoms with Crippen molar-refractivity contribution < 1.29 is 14.4 Å². The van der Waals surface area contributed by atoms with E-state index in [0.717, 1.165) is 31.6 Å². The summed E-state index contributed by atoms with van der Waals surface area (Å²) in [6.45, 7) is 5.60. The SMILES string of the molecule is CCCN(CCC)C(=O)c1ccc(NC(=O)CNc2cccc(C(=O)N(C)c3ccccc3)c2)cc1. The van der Waals surface area contributed by atoms with E-state index >= 15 is 0 Å². The summed E-state index contributed by atoms with van der Waals surface area (Å²) in [7, 11) is 1.73. The molecular weight excluding hydrogens is 452 g/mol. The van der Waals surface area contributed by atoms with Crippen LogP contribution in [0.25, 0.3) is 0 Å². The maximum absolute atomic E-state index is 12.9. The van der Waals surface area contributed by atoms with Crippen LogP contribution in [-0.2, 0) is 4.79 Å². The molecule has 0 aliphatic rings. The summed E-state index contributed by atoms with van der Waals surface area (Å²) in [5.74, 6) is -0.364. The Kier molecular flexibility index (Phi) is 9.63. The Morgan fingerprint density at radius 1 is 0.722 bits per heavy atom. The summed E-state index contributed by atoms with van der Waals surface area (Å²) in [4.78, 5) is 41.5. The minimum Gasteiger partial charge on any atom is -0.376 e. The fraction of sp³-hybridized carbons (Fsp3) is 0.276. The van der Waals surface area contributed by atoms with Gasteiger partial charge in [0.25, 0.3) is 11.8 Å². The lowest BCUT2D eigenvalue weighted by Gasteiger charge is -2.21. The minimum atomic E-state index is -0.231. The average molecular weight is 487 g/mol. The molecule has 0 saturated carbocycles. The molecule has 0 aromatic heterocycles. The lowest BCUT2D eigenvalue weighted by molar-refractivity contribution is -0.114. The lowest BCUT2D eigenvalue weighted by Crippen LogP contribution is -2.32. The van der Waals surface area contributed by atoms with Crippen molar-refractivity contribution >= 4 is 34.8 Å². The van der Waals surface area contributed by atoms with Gasteiger partial charge in [0.1, 0.15) is 0 Å². The zero-order valence-electron chi connectivity index (χ0n) is 21.2. The number of carbonyl (C=O) groups excluding carboxylic acids is 3. The Bertz CT molecular complexity index is 1160. The first-order valence-electron chi connectivity index (χ1n) is 12.3. The van der Waals surface area contributed by atoms with Crippen molar-refractivity contribution in [3.63, 3.8) is 0 Å². The molecule has 0 bridgehead atoms. The van der Waals surface area contributed by atoms with Gasteiger partial charge in [-0.1, -0.05) is 38.1 Å². The summed E-state index contributed by atoms with van der Waals surface area (Å²) in [5, 5.41) is 5.90. The van der Waals surface area contributed by atoms with Crippen LogP contribution in [0, 0.1) is 0 Å². The van der Waals surface area contributed by atoms with Crippen molar-refractivity contribution in [2.45, 2.75) is 26.7 Å². The molecular formula is C29H34N4O3. The Morgan fingerprint density at radius 3 is 2.03 bits per heavy atom. The highest BCUT2D eigenvalue weighted by Crippen LogP contribution is 2.18. The predicted molar refractivity (Wildman–Crippen MR) is 146 cm³/mol. The van der Waals surface area contributed by atoms with Gasteiger partial charge in [-0.15, -0.1) is 0 Å². The fourth-order valence-corrected chi connectivity index (χ4v) is 3.85. The van der Waals surface area contributed by atoms with Gasteiger partial charge in [0.15, 0.2) is 0 Å². The summed E-state index contributed by atoms with van der Waals surface area (Å²) >= 11 is 0. The van der Waals surface area contributed by atoms with Gasteiger partial charge in [-0.2, -0.15) is 0 Å². The Balaban J connectivity index is 1.55. The molecule has 0 aliphatic heterocycles. The second-order valence-electron chi connectivity index (χ2n) is 8.55. The number of para-hydroxylation sites is 1. The number of amides is 3. The lowest BCUT2D eigenvalue weighted by atomic mass is 10.1. The summed E-state index contributed by atoms with van der Waals surface area (Å²) in [6, 6.07) is 23.4. The molecule has 3 rings (SSSR count). The summed E-state index contributed by atoms with van der Waals surface area (Å²) in [5.41, 5.74) is 3.22. The molecule has 3 aromatic carbocycles. The molecule has 0 radical (unpaired) electrons. The molecule has 0 heterocycles. The van der Waals surface area contributed by atoms with E-state index in [9.17, 15) is 14.4 Å². The van der Waals surface area contributed by atoms with Crippen molar-refractivity contribution in [1.29, 1.82) is 0 Å². The van der Waals surface area contributed by atoms with Crippen LogP contribution in [0.3, 0.4) is 0 Å². The van der Waals surface area contributed by atoms with E-state index in [1.54, 1.807) is 54.4 Å². The number of nitrogens with zero attached hydrogens (tertiary/aromatic N) is 2. The molecule has 0 unspecified atom stereocenters. The second-order valence-corrected chi connectivity index (χ2v) is 8.55. The third-order valence-electron chi connectivity index (χ3n) is 5.70. The molecule has 3 aromatic rings. The smallest absolute Gasteiger partial charge is 0.258 e. The largest absolute Gasteiger partial charge is 0.376 e. The van der Waals surface area contributed by atoms with Gasteiger partial charge in [0.05, 0.1) is 6.54 Å². The molecule has 188 valence electrons.